The van der Waals surface area contributed by atoms with Gasteiger partial charge in [0.15, 0.2) is 0 Å². The minimum Gasteiger partial charge on any atom is -0.443 e. The van der Waals surface area contributed by atoms with Crippen molar-refractivity contribution in [1.29, 1.82) is 0 Å². The maximum atomic E-state index is 13.2. The van der Waals surface area contributed by atoms with Crippen LogP contribution < -0.4 is 10.6 Å². The molecule has 1 aromatic heterocycles. The molecule has 0 bridgehead atoms. The first-order chi connectivity index (χ1) is 18.8. The molecule has 39 heavy (non-hydrogen) atoms. The first-order valence-corrected chi connectivity index (χ1v) is 12.3. The number of alkyl carbamates (subject to hydrolysis) is 1. The van der Waals surface area contributed by atoms with E-state index < -0.39 is 17.8 Å². The summed E-state index contributed by atoms with van der Waals surface area (Å²) in [5, 5.41) is 5.76. The van der Waals surface area contributed by atoms with Crippen molar-refractivity contribution in [2.45, 2.75) is 31.7 Å². The smallest absolute Gasteiger partial charge is 0.416 e. The largest absolute Gasteiger partial charge is 0.443 e. The lowest BCUT2D eigenvalue weighted by Crippen LogP contribution is -2.35. The number of pyridine rings is 1. The van der Waals surface area contributed by atoms with E-state index in [2.05, 4.69) is 15.6 Å². The summed E-state index contributed by atoms with van der Waals surface area (Å²) in [6.45, 7) is 0.0798. The number of alkyl halides is 3. The number of amides is 2. The van der Waals surface area contributed by atoms with Crippen LogP contribution in [0.2, 0.25) is 0 Å². The van der Waals surface area contributed by atoms with Gasteiger partial charge in [-0.1, -0.05) is 42.5 Å². The van der Waals surface area contributed by atoms with E-state index in [1.54, 1.807) is 48.7 Å². The molecule has 1 heterocycles. The van der Waals surface area contributed by atoms with Crippen molar-refractivity contribution in [3.05, 3.63) is 119 Å². The van der Waals surface area contributed by atoms with Crippen LogP contribution in [0, 0.1) is 0 Å². The number of halogens is 3. The number of benzene rings is 3. The highest BCUT2D eigenvalue weighted by Crippen LogP contribution is 2.32. The molecule has 1 unspecified atom stereocenters. The molecule has 6 nitrogen and oxygen atoms in total. The summed E-state index contributed by atoms with van der Waals surface area (Å²) in [5.74, 6) is -0.379. The van der Waals surface area contributed by atoms with Crippen molar-refractivity contribution in [3.8, 4) is 11.1 Å². The molecule has 0 aliphatic heterocycles. The predicted molar refractivity (Wildman–Crippen MR) is 140 cm³/mol. The molecule has 2 N–H and O–H groups in total. The van der Waals surface area contributed by atoms with E-state index in [1.807, 2.05) is 18.2 Å². The predicted octanol–water partition coefficient (Wildman–Crippen LogP) is 6.41. The van der Waals surface area contributed by atoms with Gasteiger partial charge in [-0.25, -0.2) is 4.79 Å². The van der Waals surface area contributed by atoms with Crippen LogP contribution in [0.3, 0.4) is 0 Å². The second-order valence-corrected chi connectivity index (χ2v) is 9.21. The molecule has 0 saturated carbocycles. The lowest BCUT2D eigenvalue weighted by molar-refractivity contribution is -0.137. The van der Waals surface area contributed by atoms with Gasteiger partial charge in [-0.05, 0) is 77.6 Å². The molecule has 4 aromatic rings. The number of nitrogens with zero attached hydrogens (tertiary/aromatic N) is 1. The number of aromatic nitrogens is 1. The van der Waals surface area contributed by atoms with Crippen molar-refractivity contribution >= 4 is 17.7 Å². The van der Waals surface area contributed by atoms with Crippen LogP contribution in [0.25, 0.3) is 11.1 Å². The van der Waals surface area contributed by atoms with Crippen LogP contribution in [-0.2, 0) is 30.4 Å². The van der Waals surface area contributed by atoms with Gasteiger partial charge >= 0.3 is 12.3 Å². The zero-order valence-electron chi connectivity index (χ0n) is 20.7. The molecule has 5 rings (SSSR count). The van der Waals surface area contributed by atoms with Crippen LogP contribution in [0.5, 0.6) is 0 Å². The van der Waals surface area contributed by atoms with Crippen molar-refractivity contribution in [2.75, 3.05) is 5.32 Å². The minimum atomic E-state index is -4.43. The fourth-order valence-electron chi connectivity index (χ4n) is 4.60. The topological polar surface area (TPSA) is 80.3 Å². The Morgan fingerprint density at radius 3 is 2.38 bits per heavy atom. The average Bonchev–Trinajstić information content (AvgIpc) is 3.33. The van der Waals surface area contributed by atoms with Crippen LogP contribution >= 0.6 is 0 Å². The lowest BCUT2D eigenvalue weighted by Gasteiger charge is -2.13. The van der Waals surface area contributed by atoms with Crippen molar-refractivity contribution in [1.82, 2.24) is 10.3 Å². The summed E-state index contributed by atoms with van der Waals surface area (Å²) in [6, 6.07) is 22.3. The number of fused-ring (bicyclic) bond motifs is 1. The number of carbonyl (C=O) groups excluding carboxylic acids is 2. The van der Waals surface area contributed by atoms with Crippen LogP contribution in [0.4, 0.5) is 23.7 Å². The maximum Gasteiger partial charge on any atom is 0.416 e. The third-order valence-electron chi connectivity index (χ3n) is 6.49. The number of rotatable bonds is 6. The Labute approximate surface area is 222 Å². The molecular formula is C30H24F3N3O3. The molecule has 0 saturated heterocycles. The van der Waals surface area contributed by atoms with Crippen molar-refractivity contribution < 1.29 is 27.5 Å². The zero-order valence-corrected chi connectivity index (χ0v) is 20.7. The second-order valence-electron chi connectivity index (χ2n) is 9.21. The third kappa shape index (κ3) is 6.26. The molecular weight excluding hydrogens is 507 g/mol. The molecule has 0 fully saturated rings. The Morgan fingerprint density at radius 2 is 1.64 bits per heavy atom. The Balaban J connectivity index is 1.22. The van der Waals surface area contributed by atoms with Crippen LogP contribution in [0.1, 0.15) is 32.7 Å². The van der Waals surface area contributed by atoms with Gasteiger partial charge in [0.2, 0.25) is 0 Å². The highest BCUT2D eigenvalue weighted by atomic mass is 19.4. The summed E-state index contributed by atoms with van der Waals surface area (Å²) in [6.07, 6.45) is -2.10. The normalized spacial score (nSPS) is 14.4. The quantitative estimate of drug-likeness (QED) is 0.301. The second kappa shape index (κ2) is 11.0. The Bertz CT molecular complexity index is 1490. The summed E-state index contributed by atoms with van der Waals surface area (Å²) in [7, 11) is 0. The van der Waals surface area contributed by atoms with E-state index in [-0.39, 0.29) is 18.6 Å². The summed E-state index contributed by atoms with van der Waals surface area (Å²) >= 11 is 0. The third-order valence-corrected chi connectivity index (χ3v) is 6.49. The maximum absolute atomic E-state index is 13.2. The molecule has 9 heteroatoms. The molecule has 2 amide bonds. The highest BCUT2D eigenvalue weighted by molar-refractivity contribution is 6.08. The molecule has 0 radical (unpaired) electrons. The fourth-order valence-corrected chi connectivity index (χ4v) is 4.60. The number of nitrogens with one attached hydrogen (secondary N) is 2. The Hall–Kier alpha value is -4.66. The van der Waals surface area contributed by atoms with Gasteiger partial charge in [-0.15, -0.1) is 0 Å². The highest BCUT2D eigenvalue weighted by Gasteiger charge is 2.30. The van der Waals surface area contributed by atoms with E-state index in [1.165, 1.54) is 12.1 Å². The van der Waals surface area contributed by atoms with Gasteiger partial charge in [0, 0.05) is 23.5 Å². The molecule has 3 aromatic carbocycles. The van der Waals surface area contributed by atoms with E-state index >= 15 is 0 Å². The standard InChI is InChI=1S/C30H24F3N3O3/c31-30(32,33)22-11-8-19(9-12-22)26-6-1-2-7-27(26)28(37)35-23-13-10-20-15-25(17-21(20)16-23)36-29(38)39-18-24-5-3-4-14-34-24/h1-14,16,25H,15,17-18H2,(H,35,37)(H,36,38). The van der Waals surface area contributed by atoms with Gasteiger partial charge in [0.05, 0.1) is 11.3 Å². The summed E-state index contributed by atoms with van der Waals surface area (Å²) in [5.41, 5.74) is 3.92. The van der Waals surface area contributed by atoms with Crippen LogP contribution in [-0.4, -0.2) is 23.0 Å². The van der Waals surface area contributed by atoms with Gasteiger partial charge in [-0.3, -0.25) is 9.78 Å². The number of hydrogen-bond donors (Lipinski definition) is 2. The zero-order chi connectivity index (χ0) is 27.4. The number of ether oxygens (including phenoxy) is 1. The van der Waals surface area contributed by atoms with E-state index in [4.69, 9.17) is 4.74 Å². The molecule has 1 aliphatic carbocycles. The fraction of sp³-hybridized carbons (Fsp3) is 0.167. The molecule has 0 spiro atoms. The minimum absolute atomic E-state index is 0.0798. The number of carbonyl (C=O) groups is 2. The summed E-state index contributed by atoms with van der Waals surface area (Å²) < 4.78 is 44.1. The van der Waals surface area contributed by atoms with Gasteiger partial charge in [-0.2, -0.15) is 13.2 Å². The molecule has 1 atom stereocenters. The molecule has 1 aliphatic rings. The monoisotopic (exact) mass is 531 g/mol. The van der Waals surface area contributed by atoms with Gasteiger partial charge in [0.1, 0.15) is 6.61 Å². The van der Waals surface area contributed by atoms with Gasteiger partial charge < -0.3 is 15.4 Å². The van der Waals surface area contributed by atoms with E-state index in [0.717, 1.165) is 23.3 Å². The van der Waals surface area contributed by atoms with Gasteiger partial charge in [0.25, 0.3) is 5.91 Å². The van der Waals surface area contributed by atoms with E-state index in [0.29, 0.717) is 40.9 Å². The number of anilines is 1. The van der Waals surface area contributed by atoms with Crippen LogP contribution in [0.15, 0.2) is 91.1 Å². The SMILES string of the molecule is O=C(NC1Cc2ccc(NC(=O)c3ccccc3-c3ccc(C(F)(F)F)cc3)cc2C1)OCc1ccccn1. The van der Waals surface area contributed by atoms with Crippen molar-refractivity contribution in [2.24, 2.45) is 0 Å². The van der Waals surface area contributed by atoms with E-state index in [9.17, 15) is 22.8 Å². The first-order valence-electron chi connectivity index (χ1n) is 12.3. The Morgan fingerprint density at radius 1 is 0.897 bits per heavy atom. The number of hydrogen-bond acceptors (Lipinski definition) is 4. The summed E-state index contributed by atoms with van der Waals surface area (Å²) in [4.78, 5) is 29.5. The lowest BCUT2D eigenvalue weighted by atomic mass is 9.98. The first kappa shape index (κ1) is 26.0. The molecule has 198 valence electrons. The van der Waals surface area contributed by atoms with Crippen molar-refractivity contribution in [3.63, 3.8) is 0 Å². The Kier molecular flexibility index (Phi) is 7.31. The average molecular weight is 532 g/mol.